The fraction of sp³-hybridized carbons (Fsp3) is 0.467. The van der Waals surface area contributed by atoms with E-state index in [1.54, 1.807) is 22.5 Å². The second-order valence-corrected chi connectivity index (χ2v) is 11.6. The molecule has 40 heavy (non-hydrogen) atoms. The molecule has 0 atom stereocenters. The van der Waals surface area contributed by atoms with Gasteiger partial charge in [0.2, 0.25) is 6.79 Å². The zero-order valence-corrected chi connectivity index (χ0v) is 25.0. The summed E-state index contributed by atoms with van der Waals surface area (Å²) < 4.78 is 13.1. The standard InChI is InChI=1S/C30H36N4O4S2/c1-4-6-8-9-10-14-34-29(36)26(40-30(34)39)16-22-20(3)23(17-31)28(35)33(13-7-5-2)27(22)32-18-21-11-12-24-25(15-21)38-19-37-24/h11-12,15-16,32H,4-10,13-14,18-19H2,1-3H3/b26-16+. The zero-order valence-electron chi connectivity index (χ0n) is 23.4. The number of rotatable bonds is 13. The Morgan fingerprint density at radius 2 is 1.82 bits per heavy atom. The molecule has 1 aromatic carbocycles. The molecule has 3 heterocycles. The first-order chi connectivity index (χ1) is 19.4. The highest BCUT2D eigenvalue weighted by Crippen LogP contribution is 2.36. The van der Waals surface area contributed by atoms with E-state index >= 15 is 0 Å². The van der Waals surface area contributed by atoms with Crippen molar-refractivity contribution in [1.29, 1.82) is 5.26 Å². The van der Waals surface area contributed by atoms with Crippen LogP contribution in [0.25, 0.3) is 6.08 Å². The molecule has 2 aliphatic rings. The Balaban J connectivity index is 1.69. The molecule has 212 valence electrons. The fourth-order valence-electron chi connectivity index (χ4n) is 4.82. The maximum atomic E-state index is 13.4. The molecule has 10 heteroatoms. The lowest BCUT2D eigenvalue weighted by Crippen LogP contribution is -2.29. The van der Waals surface area contributed by atoms with E-state index in [-0.39, 0.29) is 23.8 Å². The van der Waals surface area contributed by atoms with Crippen LogP contribution in [0, 0.1) is 18.3 Å². The summed E-state index contributed by atoms with van der Waals surface area (Å²) in [7, 11) is 0. The summed E-state index contributed by atoms with van der Waals surface area (Å²) in [5.41, 5.74) is 1.89. The van der Waals surface area contributed by atoms with Crippen LogP contribution >= 0.6 is 24.0 Å². The first kappa shape index (κ1) is 29.7. The molecule has 1 N–H and O–H groups in total. The van der Waals surface area contributed by atoms with Gasteiger partial charge in [0.15, 0.2) is 11.5 Å². The van der Waals surface area contributed by atoms with Crippen LogP contribution in [-0.2, 0) is 17.9 Å². The summed E-state index contributed by atoms with van der Waals surface area (Å²) in [6.45, 7) is 7.64. The van der Waals surface area contributed by atoms with Crippen molar-refractivity contribution in [3.8, 4) is 17.6 Å². The van der Waals surface area contributed by atoms with Gasteiger partial charge in [-0.15, -0.1) is 0 Å². The van der Waals surface area contributed by atoms with Crippen LogP contribution in [0.5, 0.6) is 11.5 Å². The van der Waals surface area contributed by atoms with Gasteiger partial charge in [-0.25, -0.2) is 0 Å². The molecule has 2 aliphatic heterocycles. The molecule has 0 aliphatic carbocycles. The van der Waals surface area contributed by atoms with Gasteiger partial charge in [-0.2, -0.15) is 5.26 Å². The van der Waals surface area contributed by atoms with E-state index in [0.29, 0.717) is 57.3 Å². The number of hydrogen-bond donors (Lipinski definition) is 1. The van der Waals surface area contributed by atoms with E-state index in [9.17, 15) is 14.9 Å². The summed E-state index contributed by atoms with van der Waals surface area (Å²) >= 11 is 6.84. The lowest BCUT2D eigenvalue weighted by Gasteiger charge is -2.20. The van der Waals surface area contributed by atoms with Crippen LogP contribution in [-0.4, -0.2) is 33.0 Å². The third kappa shape index (κ3) is 6.53. The Morgan fingerprint density at radius 1 is 1.07 bits per heavy atom. The van der Waals surface area contributed by atoms with E-state index in [0.717, 1.165) is 37.7 Å². The number of nitriles is 1. The molecule has 4 rings (SSSR count). The maximum absolute atomic E-state index is 13.4. The minimum atomic E-state index is -0.335. The van der Waals surface area contributed by atoms with Crippen molar-refractivity contribution in [3.05, 3.63) is 55.7 Å². The van der Waals surface area contributed by atoms with Crippen molar-refractivity contribution in [3.63, 3.8) is 0 Å². The Hall–Kier alpha value is -3.29. The zero-order chi connectivity index (χ0) is 28.6. The molecule has 0 saturated carbocycles. The average molecular weight is 581 g/mol. The Kier molecular flexibility index (Phi) is 10.3. The molecule has 0 bridgehead atoms. The average Bonchev–Trinajstić information content (AvgIpc) is 3.52. The predicted molar refractivity (Wildman–Crippen MR) is 164 cm³/mol. The number of carbonyl (C=O) groups excluding carboxylic acids is 1. The summed E-state index contributed by atoms with van der Waals surface area (Å²) in [4.78, 5) is 29.0. The SMILES string of the molecule is CCCCCCCN1C(=O)/C(=C\c2c(C)c(C#N)c(=O)n(CCCC)c2NCc2ccc3c(c2)OCO3)SC1=S. The fourth-order valence-corrected chi connectivity index (χ4v) is 6.11. The maximum Gasteiger partial charge on any atom is 0.270 e. The summed E-state index contributed by atoms with van der Waals surface area (Å²) in [6.07, 6.45) is 8.91. The molecule has 8 nitrogen and oxygen atoms in total. The molecular weight excluding hydrogens is 544 g/mol. The lowest BCUT2D eigenvalue weighted by molar-refractivity contribution is -0.122. The number of benzene rings is 1. The highest BCUT2D eigenvalue weighted by atomic mass is 32.2. The summed E-state index contributed by atoms with van der Waals surface area (Å²) in [5.74, 6) is 1.83. The Bertz CT molecular complexity index is 1410. The van der Waals surface area contributed by atoms with Crippen LogP contribution < -0.4 is 20.3 Å². The molecular formula is C30H36N4O4S2. The third-order valence-electron chi connectivity index (χ3n) is 7.14. The Labute approximate surface area is 245 Å². The number of amides is 1. The minimum Gasteiger partial charge on any atom is -0.454 e. The van der Waals surface area contributed by atoms with Crippen LogP contribution in [0.15, 0.2) is 27.9 Å². The molecule has 1 amide bonds. The molecule has 0 radical (unpaired) electrons. The third-order valence-corrected chi connectivity index (χ3v) is 8.52. The van der Waals surface area contributed by atoms with E-state index in [1.165, 1.54) is 24.6 Å². The molecule has 0 unspecified atom stereocenters. The van der Waals surface area contributed by atoms with Gasteiger partial charge < -0.3 is 14.8 Å². The van der Waals surface area contributed by atoms with Crippen LogP contribution in [0.4, 0.5) is 5.82 Å². The van der Waals surface area contributed by atoms with Crippen molar-refractivity contribution in [1.82, 2.24) is 9.47 Å². The van der Waals surface area contributed by atoms with E-state index in [2.05, 4.69) is 25.2 Å². The second kappa shape index (κ2) is 13.9. The van der Waals surface area contributed by atoms with Crippen LogP contribution in [0.3, 0.4) is 0 Å². The number of carbonyl (C=O) groups is 1. The lowest BCUT2D eigenvalue weighted by atomic mass is 10.0. The van der Waals surface area contributed by atoms with E-state index < -0.39 is 0 Å². The number of thioether (sulfide) groups is 1. The number of ether oxygens (including phenoxy) is 2. The number of nitrogens with zero attached hydrogens (tertiary/aromatic N) is 3. The normalized spacial score (nSPS) is 15.2. The van der Waals surface area contributed by atoms with Gasteiger partial charge in [0.1, 0.15) is 21.8 Å². The van der Waals surface area contributed by atoms with Gasteiger partial charge in [0, 0.05) is 25.2 Å². The van der Waals surface area contributed by atoms with Gasteiger partial charge in [0.25, 0.3) is 11.5 Å². The van der Waals surface area contributed by atoms with Crippen molar-refractivity contribution >= 4 is 46.1 Å². The second-order valence-electron chi connectivity index (χ2n) is 9.97. The molecule has 1 saturated heterocycles. The monoisotopic (exact) mass is 580 g/mol. The van der Waals surface area contributed by atoms with Crippen LogP contribution in [0.1, 0.15) is 81.0 Å². The minimum absolute atomic E-state index is 0.0855. The van der Waals surface area contributed by atoms with E-state index in [4.69, 9.17) is 21.7 Å². The number of hydrogen-bond acceptors (Lipinski definition) is 8. The van der Waals surface area contributed by atoms with Gasteiger partial charge in [0.05, 0.1) is 4.91 Å². The highest BCUT2D eigenvalue weighted by Gasteiger charge is 2.32. The van der Waals surface area contributed by atoms with Gasteiger partial charge in [-0.05, 0) is 49.1 Å². The van der Waals surface area contributed by atoms with Crippen molar-refractivity contribution in [2.24, 2.45) is 0 Å². The molecule has 0 spiro atoms. The first-order valence-corrected chi connectivity index (χ1v) is 15.2. The molecule has 1 aromatic heterocycles. The quantitative estimate of drug-likeness (QED) is 0.167. The number of thiocarbonyl (C=S) groups is 1. The largest absolute Gasteiger partial charge is 0.454 e. The summed E-state index contributed by atoms with van der Waals surface area (Å²) in [5, 5.41) is 13.3. The number of nitrogens with one attached hydrogen (secondary N) is 1. The predicted octanol–water partition coefficient (Wildman–Crippen LogP) is 6.34. The summed E-state index contributed by atoms with van der Waals surface area (Å²) in [6, 6.07) is 7.81. The molecule has 1 fully saturated rings. The van der Waals surface area contributed by atoms with Crippen molar-refractivity contribution in [2.45, 2.75) is 78.8 Å². The topological polar surface area (TPSA) is 96.6 Å². The van der Waals surface area contributed by atoms with Gasteiger partial charge in [-0.1, -0.05) is 76.0 Å². The number of aromatic nitrogens is 1. The van der Waals surface area contributed by atoms with Crippen LogP contribution in [0.2, 0.25) is 0 Å². The van der Waals surface area contributed by atoms with E-state index in [1.807, 2.05) is 18.2 Å². The number of pyridine rings is 1. The van der Waals surface area contributed by atoms with Crippen molar-refractivity contribution < 1.29 is 14.3 Å². The smallest absolute Gasteiger partial charge is 0.270 e. The first-order valence-electron chi connectivity index (χ1n) is 13.9. The van der Waals surface area contributed by atoms with Crippen molar-refractivity contribution in [2.75, 3.05) is 18.7 Å². The number of anilines is 1. The van der Waals surface area contributed by atoms with Gasteiger partial charge >= 0.3 is 0 Å². The molecule has 2 aromatic rings. The number of unbranched alkanes of at least 4 members (excludes halogenated alkanes) is 5. The highest BCUT2D eigenvalue weighted by molar-refractivity contribution is 8.26. The number of fused-ring (bicyclic) bond motifs is 1. The van der Waals surface area contributed by atoms with Gasteiger partial charge in [-0.3, -0.25) is 19.1 Å². The Morgan fingerprint density at radius 3 is 2.58 bits per heavy atom.